The van der Waals surface area contributed by atoms with Crippen molar-refractivity contribution < 1.29 is 0 Å². The van der Waals surface area contributed by atoms with Crippen LogP contribution in [0.5, 0.6) is 0 Å². The van der Waals surface area contributed by atoms with Crippen molar-refractivity contribution in [3.8, 4) is 0 Å². The van der Waals surface area contributed by atoms with E-state index >= 15 is 0 Å². The van der Waals surface area contributed by atoms with E-state index in [9.17, 15) is 4.79 Å². The van der Waals surface area contributed by atoms with E-state index in [0.717, 1.165) is 48.0 Å². The maximum absolute atomic E-state index is 11.7. The summed E-state index contributed by atoms with van der Waals surface area (Å²) in [5, 5.41) is 6.37. The molecule has 6 nitrogen and oxygen atoms in total. The zero-order valence-electron chi connectivity index (χ0n) is 11.7. The molecule has 0 fully saturated rings. The molecule has 0 spiro atoms. The minimum Gasteiger partial charge on any atom is -0.297 e. The number of aryl methyl sites for hydroxylation is 1. The number of imidazole rings is 1. The standard InChI is InChI=1S/C14H15N5OS/c1-17-13(20)6-10-7-18(3-2-12(10)16-17)8-11-9-19-4-5-21-14(19)15-11/h4-6,9H,2-3,7-8H2,1H3. The Labute approximate surface area is 125 Å². The molecule has 0 N–H and O–H groups in total. The van der Waals surface area contributed by atoms with E-state index < -0.39 is 0 Å². The summed E-state index contributed by atoms with van der Waals surface area (Å²) in [6.45, 7) is 2.52. The third-order valence-corrected chi connectivity index (χ3v) is 4.62. The second-order valence-corrected chi connectivity index (χ2v) is 6.24. The minimum absolute atomic E-state index is 0.0434. The van der Waals surface area contributed by atoms with Crippen LogP contribution in [0.2, 0.25) is 0 Å². The van der Waals surface area contributed by atoms with E-state index in [1.165, 1.54) is 4.68 Å². The highest BCUT2D eigenvalue weighted by Crippen LogP contribution is 2.18. The summed E-state index contributed by atoms with van der Waals surface area (Å²) in [6, 6.07) is 1.71. The van der Waals surface area contributed by atoms with Crippen LogP contribution in [-0.2, 0) is 26.6 Å². The number of hydrogen-bond acceptors (Lipinski definition) is 5. The van der Waals surface area contributed by atoms with Gasteiger partial charge in [0.25, 0.3) is 5.56 Å². The highest BCUT2D eigenvalue weighted by Gasteiger charge is 2.19. The van der Waals surface area contributed by atoms with E-state index in [-0.39, 0.29) is 5.56 Å². The van der Waals surface area contributed by atoms with Crippen molar-refractivity contribution in [3.63, 3.8) is 0 Å². The van der Waals surface area contributed by atoms with E-state index in [1.807, 2.05) is 11.6 Å². The van der Waals surface area contributed by atoms with E-state index in [2.05, 4.69) is 25.6 Å². The Balaban J connectivity index is 1.56. The molecule has 0 saturated carbocycles. The van der Waals surface area contributed by atoms with Crippen molar-refractivity contribution >= 4 is 16.3 Å². The van der Waals surface area contributed by atoms with Crippen molar-refractivity contribution in [1.29, 1.82) is 0 Å². The quantitative estimate of drug-likeness (QED) is 0.710. The first-order valence-corrected chi connectivity index (χ1v) is 7.76. The molecular weight excluding hydrogens is 286 g/mol. The lowest BCUT2D eigenvalue weighted by atomic mass is 10.1. The van der Waals surface area contributed by atoms with Gasteiger partial charge in [0, 0.05) is 56.9 Å². The Hall–Kier alpha value is -1.99. The summed E-state index contributed by atoms with van der Waals surface area (Å²) in [5.74, 6) is 0. The van der Waals surface area contributed by atoms with Crippen LogP contribution in [0.4, 0.5) is 0 Å². The highest BCUT2D eigenvalue weighted by molar-refractivity contribution is 7.15. The number of rotatable bonds is 2. The molecule has 0 aromatic carbocycles. The average Bonchev–Trinajstić information content (AvgIpc) is 3.01. The fraction of sp³-hybridized carbons (Fsp3) is 0.357. The van der Waals surface area contributed by atoms with Gasteiger partial charge in [-0.05, 0) is 5.56 Å². The largest absolute Gasteiger partial charge is 0.297 e. The maximum Gasteiger partial charge on any atom is 0.266 e. The molecule has 1 aliphatic rings. The second-order valence-electron chi connectivity index (χ2n) is 5.36. The van der Waals surface area contributed by atoms with Crippen LogP contribution in [-0.4, -0.2) is 30.6 Å². The van der Waals surface area contributed by atoms with Gasteiger partial charge >= 0.3 is 0 Å². The Morgan fingerprint density at radius 1 is 1.43 bits per heavy atom. The molecule has 0 aliphatic carbocycles. The van der Waals surface area contributed by atoms with Crippen LogP contribution in [0.3, 0.4) is 0 Å². The third kappa shape index (κ3) is 2.28. The van der Waals surface area contributed by atoms with Crippen molar-refractivity contribution in [1.82, 2.24) is 24.1 Å². The molecule has 0 bridgehead atoms. The second kappa shape index (κ2) is 4.78. The first kappa shape index (κ1) is 12.7. The van der Waals surface area contributed by atoms with Crippen LogP contribution in [0.15, 0.2) is 28.6 Å². The highest BCUT2D eigenvalue weighted by atomic mass is 32.1. The summed E-state index contributed by atoms with van der Waals surface area (Å²) in [5.41, 5.74) is 3.12. The SMILES string of the molecule is Cn1nc2c(cc1=O)CN(Cc1cn3ccsc3n1)CC2. The minimum atomic E-state index is -0.0434. The van der Waals surface area contributed by atoms with Crippen molar-refractivity contribution in [2.24, 2.45) is 7.05 Å². The molecule has 108 valence electrons. The number of hydrogen-bond donors (Lipinski definition) is 0. The molecule has 4 heterocycles. The first-order valence-electron chi connectivity index (χ1n) is 6.88. The van der Waals surface area contributed by atoms with Gasteiger partial charge in [0.15, 0.2) is 4.96 Å². The summed E-state index contributed by atoms with van der Waals surface area (Å²) >= 11 is 1.64. The molecule has 4 rings (SSSR count). The normalized spacial score (nSPS) is 15.5. The summed E-state index contributed by atoms with van der Waals surface area (Å²) in [7, 11) is 1.70. The zero-order valence-corrected chi connectivity index (χ0v) is 12.5. The molecule has 21 heavy (non-hydrogen) atoms. The van der Waals surface area contributed by atoms with Crippen molar-refractivity contribution in [2.45, 2.75) is 19.5 Å². The lowest BCUT2D eigenvalue weighted by Crippen LogP contribution is -2.34. The van der Waals surface area contributed by atoms with Crippen LogP contribution >= 0.6 is 11.3 Å². The molecule has 0 amide bonds. The lowest BCUT2D eigenvalue weighted by Gasteiger charge is -2.27. The predicted octanol–water partition coefficient (Wildman–Crippen LogP) is 1.05. The maximum atomic E-state index is 11.7. The number of thiazole rings is 1. The van der Waals surface area contributed by atoms with Gasteiger partial charge in [-0.25, -0.2) is 9.67 Å². The zero-order chi connectivity index (χ0) is 14.4. The van der Waals surface area contributed by atoms with Gasteiger partial charge in [-0.15, -0.1) is 11.3 Å². The number of nitrogens with zero attached hydrogens (tertiary/aromatic N) is 5. The Morgan fingerprint density at radius 3 is 3.19 bits per heavy atom. The smallest absolute Gasteiger partial charge is 0.266 e. The molecule has 0 saturated heterocycles. The number of fused-ring (bicyclic) bond motifs is 2. The fourth-order valence-electron chi connectivity index (χ4n) is 2.77. The summed E-state index contributed by atoms with van der Waals surface area (Å²) in [6.07, 6.45) is 4.98. The molecule has 3 aromatic rings. The van der Waals surface area contributed by atoms with Crippen LogP contribution < -0.4 is 5.56 Å². The first-order chi connectivity index (χ1) is 10.2. The van der Waals surface area contributed by atoms with Gasteiger partial charge in [-0.2, -0.15) is 5.10 Å². The van der Waals surface area contributed by atoms with Gasteiger partial charge in [-0.1, -0.05) is 0 Å². The van der Waals surface area contributed by atoms with Crippen molar-refractivity contribution in [2.75, 3.05) is 6.54 Å². The van der Waals surface area contributed by atoms with E-state index in [1.54, 1.807) is 24.5 Å². The molecule has 7 heteroatoms. The molecule has 3 aromatic heterocycles. The Morgan fingerprint density at radius 2 is 2.33 bits per heavy atom. The Kier molecular flexibility index (Phi) is 2.90. The van der Waals surface area contributed by atoms with Gasteiger partial charge in [0.1, 0.15) is 0 Å². The van der Waals surface area contributed by atoms with Gasteiger partial charge in [0.2, 0.25) is 0 Å². The average molecular weight is 301 g/mol. The molecule has 0 unspecified atom stereocenters. The molecule has 0 atom stereocenters. The topological polar surface area (TPSA) is 55.4 Å². The Bertz CT molecular complexity index is 833. The van der Waals surface area contributed by atoms with Crippen molar-refractivity contribution in [3.05, 3.63) is 51.1 Å². The fourth-order valence-corrected chi connectivity index (χ4v) is 3.49. The third-order valence-electron chi connectivity index (χ3n) is 3.85. The number of aromatic nitrogens is 4. The molecule has 0 radical (unpaired) electrons. The van der Waals surface area contributed by atoms with E-state index in [4.69, 9.17) is 0 Å². The van der Waals surface area contributed by atoms with Crippen LogP contribution in [0.25, 0.3) is 4.96 Å². The van der Waals surface area contributed by atoms with Gasteiger partial charge in [-0.3, -0.25) is 14.1 Å². The predicted molar refractivity (Wildman–Crippen MR) is 80.4 cm³/mol. The van der Waals surface area contributed by atoms with Gasteiger partial charge in [0.05, 0.1) is 11.4 Å². The summed E-state index contributed by atoms with van der Waals surface area (Å²) in [4.78, 5) is 19.7. The van der Waals surface area contributed by atoms with Gasteiger partial charge < -0.3 is 0 Å². The van der Waals surface area contributed by atoms with Crippen LogP contribution in [0, 0.1) is 0 Å². The monoisotopic (exact) mass is 301 g/mol. The summed E-state index contributed by atoms with van der Waals surface area (Å²) < 4.78 is 3.47. The van der Waals surface area contributed by atoms with E-state index in [0.29, 0.717) is 0 Å². The molecule has 1 aliphatic heterocycles. The van der Waals surface area contributed by atoms with Crippen LogP contribution in [0.1, 0.15) is 17.0 Å². The lowest BCUT2D eigenvalue weighted by molar-refractivity contribution is 0.239. The molecular formula is C14H15N5OS.